The predicted octanol–water partition coefficient (Wildman–Crippen LogP) is 1.41. The molecule has 6 heteroatoms. The molecular formula is C15H17NO5. The molecule has 0 saturated carbocycles. The third kappa shape index (κ3) is 3.61. The highest BCUT2D eigenvalue weighted by atomic mass is 16.5. The van der Waals surface area contributed by atoms with Gasteiger partial charge in [-0.3, -0.25) is 0 Å². The van der Waals surface area contributed by atoms with Gasteiger partial charge >= 0.3 is 11.9 Å². The minimum atomic E-state index is -1.07. The van der Waals surface area contributed by atoms with E-state index in [1.165, 1.54) is 13.2 Å². The van der Waals surface area contributed by atoms with E-state index >= 15 is 0 Å². The number of carbonyl (C=O) groups excluding carboxylic acids is 1. The molecule has 1 saturated heterocycles. The first-order valence-corrected chi connectivity index (χ1v) is 6.58. The van der Waals surface area contributed by atoms with Crippen LogP contribution in [0.1, 0.15) is 15.9 Å². The summed E-state index contributed by atoms with van der Waals surface area (Å²) in [5.74, 6) is -1.56. The Hall–Kier alpha value is -2.34. The molecule has 1 aliphatic rings. The molecule has 0 bridgehead atoms. The van der Waals surface area contributed by atoms with Gasteiger partial charge in [0.15, 0.2) is 0 Å². The molecule has 112 valence electrons. The van der Waals surface area contributed by atoms with E-state index in [-0.39, 0.29) is 0 Å². The molecule has 0 unspecified atom stereocenters. The summed E-state index contributed by atoms with van der Waals surface area (Å²) in [5, 5.41) is 8.83. The largest absolute Gasteiger partial charge is 0.478 e. The molecule has 0 radical (unpaired) electrons. The maximum absolute atomic E-state index is 11.9. The van der Waals surface area contributed by atoms with E-state index in [9.17, 15) is 9.59 Å². The Morgan fingerprint density at radius 1 is 1.33 bits per heavy atom. The molecular weight excluding hydrogens is 274 g/mol. The number of carboxylic acid groups (broad SMARTS) is 1. The topological polar surface area (TPSA) is 76.1 Å². The minimum absolute atomic E-state index is 0.346. The van der Waals surface area contributed by atoms with Crippen molar-refractivity contribution in [1.29, 1.82) is 0 Å². The van der Waals surface area contributed by atoms with E-state index in [1.807, 2.05) is 6.07 Å². The van der Waals surface area contributed by atoms with Crippen LogP contribution in [-0.2, 0) is 14.3 Å². The third-order valence-corrected chi connectivity index (χ3v) is 3.23. The van der Waals surface area contributed by atoms with Crippen molar-refractivity contribution in [2.75, 3.05) is 38.3 Å². The average molecular weight is 291 g/mol. The summed E-state index contributed by atoms with van der Waals surface area (Å²) in [6.07, 6.45) is 2.45. The highest BCUT2D eigenvalue weighted by Crippen LogP contribution is 2.27. The van der Waals surface area contributed by atoms with Crippen LogP contribution in [0, 0.1) is 0 Å². The van der Waals surface area contributed by atoms with Gasteiger partial charge in [-0.1, -0.05) is 6.07 Å². The van der Waals surface area contributed by atoms with E-state index in [1.54, 1.807) is 12.1 Å². The van der Waals surface area contributed by atoms with Crippen LogP contribution in [0.4, 0.5) is 5.69 Å². The Morgan fingerprint density at radius 2 is 2.05 bits per heavy atom. The fourth-order valence-electron chi connectivity index (χ4n) is 2.25. The van der Waals surface area contributed by atoms with Crippen molar-refractivity contribution in [3.05, 3.63) is 35.4 Å². The Bertz CT molecular complexity index is 561. The van der Waals surface area contributed by atoms with Gasteiger partial charge in [0.05, 0.1) is 25.9 Å². The van der Waals surface area contributed by atoms with Crippen molar-refractivity contribution in [3.63, 3.8) is 0 Å². The highest BCUT2D eigenvalue weighted by molar-refractivity contribution is 5.98. The van der Waals surface area contributed by atoms with Crippen LogP contribution in [0.25, 0.3) is 6.08 Å². The second-order valence-electron chi connectivity index (χ2n) is 4.50. The molecule has 1 N–H and O–H groups in total. The van der Waals surface area contributed by atoms with Gasteiger partial charge in [0.25, 0.3) is 0 Å². The molecule has 1 aromatic rings. The van der Waals surface area contributed by atoms with Crippen molar-refractivity contribution < 1.29 is 24.2 Å². The van der Waals surface area contributed by atoms with E-state index in [2.05, 4.69) is 4.90 Å². The van der Waals surface area contributed by atoms with Crippen molar-refractivity contribution in [3.8, 4) is 0 Å². The zero-order valence-electron chi connectivity index (χ0n) is 11.7. The number of benzene rings is 1. The smallest absolute Gasteiger partial charge is 0.338 e. The van der Waals surface area contributed by atoms with Crippen LogP contribution in [0.5, 0.6) is 0 Å². The summed E-state index contributed by atoms with van der Waals surface area (Å²) in [6.45, 7) is 2.59. The third-order valence-electron chi connectivity index (χ3n) is 3.23. The fraction of sp³-hybridized carbons (Fsp3) is 0.333. The summed E-state index contributed by atoms with van der Waals surface area (Å²) >= 11 is 0. The van der Waals surface area contributed by atoms with Crippen molar-refractivity contribution >= 4 is 23.7 Å². The Kier molecular flexibility index (Phi) is 4.94. The number of rotatable bonds is 4. The molecule has 0 spiro atoms. The molecule has 21 heavy (non-hydrogen) atoms. The lowest BCUT2D eigenvalue weighted by molar-refractivity contribution is -0.131. The number of carboxylic acids is 1. The number of methoxy groups -OCH3 is 1. The number of hydrogen-bond donors (Lipinski definition) is 1. The second kappa shape index (κ2) is 6.90. The molecule has 0 atom stereocenters. The van der Waals surface area contributed by atoms with Gasteiger partial charge in [-0.15, -0.1) is 0 Å². The number of anilines is 1. The number of esters is 1. The van der Waals surface area contributed by atoms with Crippen LogP contribution in [0.15, 0.2) is 24.3 Å². The quantitative estimate of drug-likeness (QED) is 0.667. The van der Waals surface area contributed by atoms with E-state index in [4.69, 9.17) is 14.6 Å². The number of ether oxygens (including phenoxy) is 2. The average Bonchev–Trinajstić information content (AvgIpc) is 2.52. The lowest BCUT2D eigenvalue weighted by atomic mass is 10.0. The van der Waals surface area contributed by atoms with Gasteiger partial charge in [-0.2, -0.15) is 0 Å². The molecule has 2 rings (SSSR count). The summed E-state index contributed by atoms with van der Waals surface area (Å²) in [7, 11) is 1.30. The number of carbonyl (C=O) groups is 2. The monoisotopic (exact) mass is 291 g/mol. The summed E-state index contributed by atoms with van der Waals surface area (Å²) in [5.41, 5.74) is 1.70. The van der Waals surface area contributed by atoms with Crippen LogP contribution in [0.3, 0.4) is 0 Å². The first-order valence-electron chi connectivity index (χ1n) is 6.58. The Labute approximate surface area is 122 Å². The summed E-state index contributed by atoms with van der Waals surface area (Å²) in [4.78, 5) is 24.7. The normalized spacial score (nSPS) is 15.2. The van der Waals surface area contributed by atoms with Gasteiger partial charge in [-0.25, -0.2) is 9.59 Å². The van der Waals surface area contributed by atoms with Crippen LogP contribution < -0.4 is 4.90 Å². The number of nitrogens with zero attached hydrogens (tertiary/aromatic N) is 1. The molecule has 0 aromatic heterocycles. The number of aliphatic carboxylic acids is 1. The number of hydrogen-bond acceptors (Lipinski definition) is 5. The lowest BCUT2D eigenvalue weighted by Crippen LogP contribution is -2.36. The highest BCUT2D eigenvalue weighted by Gasteiger charge is 2.19. The van der Waals surface area contributed by atoms with Crippen LogP contribution in [-0.4, -0.2) is 50.5 Å². The van der Waals surface area contributed by atoms with Crippen LogP contribution >= 0.6 is 0 Å². The van der Waals surface area contributed by atoms with Gasteiger partial charge in [-0.05, 0) is 18.2 Å². The van der Waals surface area contributed by atoms with Crippen molar-refractivity contribution in [2.24, 2.45) is 0 Å². The predicted molar refractivity (Wildman–Crippen MR) is 77.5 cm³/mol. The number of morpholine rings is 1. The van der Waals surface area contributed by atoms with Crippen molar-refractivity contribution in [1.82, 2.24) is 0 Å². The molecule has 1 aromatic carbocycles. The van der Waals surface area contributed by atoms with Gasteiger partial charge in [0.1, 0.15) is 0 Å². The minimum Gasteiger partial charge on any atom is -0.478 e. The van der Waals surface area contributed by atoms with E-state index in [0.29, 0.717) is 37.4 Å². The zero-order chi connectivity index (χ0) is 15.2. The van der Waals surface area contributed by atoms with Gasteiger partial charge in [0, 0.05) is 30.4 Å². The van der Waals surface area contributed by atoms with Crippen molar-refractivity contribution in [2.45, 2.75) is 0 Å². The van der Waals surface area contributed by atoms with Gasteiger partial charge < -0.3 is 19.5 Å². The zero-order valence-corrected chi connectivity index (χ0v) is 11.7. The molecule has 6 nitrogen and oxygen atoms in total. The molecule has 1 heterocycles. The lowest BCUT2D eigenvalue weighted by Gasteiger charge is -2.30. The van der Waals surface area contributed by atoms with Gasteiger partial charge in [0.2, 0.25) is 0 Å². The first kappa shape index (κ1) is 15.1. The standard InChI is InChI=1S/C15H17NO5/c1-20-15(19)12-3-2-4-13(11(12)5-6-14(17)18)16-7-9-21-10-8-16/h2-6H,7-10H2,1H3,(H,17,18)/b6-5+. The maximum atomic E-state index is 11.9. The molecule has 1 aliphatic heterocycles. The summed E-state index contributed by atoms with van der Waals surface area (Å²) in [6, 6.07) is 5.24. The fourth-order valence-corrected chi connectivity index (χ4v) is 2.25. The van der Waals surface area contributed by atoms with E-state index < -0.39 is 11.9 Å². The summed E-state index contributed by atoms with van der Waals surface area (Å²) < 4.78 is 10.1. The van der Waals surface area contributed by atoms with Crippen LogP contribution in [0.2, 0.25) is 0 Å². The molecule has 1 fully saturated rings. The Balaban J connectivity index is 2.47. The first-order chi connectivity index (χ1) is 10.1. The Morgan fingerprint density at radius 3 is 2.67 bits per heavy atom. The second-order valence-corrected chi connectivity index (χ2v) is 4.50. The van der Waals surface area contributed by atoms with E-state index in [0.717, 1.165) is 11.8 Å². The molecule has 0 amide bonds. The molecule has 0 aliphatic carbocycles. The maximum Gasteiger partial charge on any atom is 0.338 e. The SMILES string of the molecule is COC(=O)c1cccc(N2CCOCC2)c1/C=C/C(=O)O.